The van der Waals surface area contributed by atoms with Gasteiger partial charge in [-0.05, 0) is 55.8 Å². The van der Waals surface area contributed by atoms with E-state index in [2.05, 4.69) is 20.9 Å². The van der Waals surface area contributed by atoms with Crippen LogP contribution in [0.25, 0.3) is 0 Å². The fraction of sp³-hybridized carbons (Fsp3) is 0.250. The molecular weight excluding hydrogens is 410 g/mol. The van der Waals surface area contributed by atoms with Crippen molar-refractivity contribution in [3.8, 4) is 5.75 Å². The number of aromatic nitrogens is 3. The molecule has 2 heterocycles. The summed E-state index contributed by atoms with van der Waals surface area (Å²) in [4.78, 5) is 13.2. The van der Waals surface area contributed by atoms with Gasteiger partial charge in [0.25, 0.3) is 0 Å². The molecule has 0 unspecified atom stereocenters. The minimum absolute atomic E-state index is 0.126. The zero-order valence-corrected chi connectivity index (χ0v) is 17.5. The molecule has 1 aliphatic heterocycles. The molecule has 4 rings (SSSR count). The summed E-state index contributed by atoms with van der Waals surface area (Å²) in [6.45, 7) is 4.39. The van der Waals surface area contributed by atoms with Crippen molar-refractivity contribution in [3.63, 3.8) is 0 Å². The Morgan fingerprint density at radius 1 is 1.21 bits per heavy atom. The van der Waals surface area contributed by atoms with E-state index in [-0.39, 0.29) is 11.9 Å². The number of thioether (sulfide) groups is 1. The van der Waals surface area contributed by atoms with E-state index in [0.717, 1.165) is 17.1 Å². The number of hydrogen-bond donors (Lipinski definition) is 2. The molecular formula is C20H20ClN5O2S. The van der Waals surface area contributed by atoms with Gasteiger partial charge in [-0.15, -0.1) is 10.2 Å². The minimum Gasteiger partial charge on any atom is -0.494 e. The van der Waals surface area contributed by atoms with Crippen molar-refractivity contribution >= 4 is 35.0 Å². The molecule has 2 N–H and O–H groups in total. The Hall–Kier alpha value is -2.71. The maximum atomic E-state index is 13.2. The van der Waals surface area contributed by atoms with Crippen LogP contribution in [0.4, 0.5) is 5.69 Å². The number of hydrogen-bond acceptors (Lipinski definition) is 6. The second kappa shape index (κ2) is 8.34. The first-order chi connectivity index (χ1) is 14.0. The zero-order valence-electron chi connectivity index (χ0n) is 15.9. The molecule has 2 atom stereocenters. The van der Waals surface area contributed by atoms with Crippen LogP contribution in [0.1, 0.15) is 24.4 Å². The third-order valence-corrected chi connectivity index (χ3v) is 5.99. The Bertz CT molecular complexity index is 1010. The number of carbonyl (C=O) groups is 1. The van der Waals surface area contributed by atoms with Crippen molar-refractivity contribution < 1.29 is 9.53 Å². The lowest BCUT2D eigenvalue weighted by Gasteiger charge is -2.32. The smallest absolute Gasteiger partial charge is 0.240 e. The van der Waals surface area contributed by atoms with Crippen LogP contribution < -0.4 is 15.5 Å². The number of anilines is 1. The van der Waals surface area contributed by atoms with Crippen molar-refractivity contribution in [2.24, 2.45) is 0 Å². The Morgan fingerprint density at radius 2 is 1.93 bits per heavy atom. The average molecular weight is 430 g/mol. The number of halogens is 1. The van der Waals surface area contributed by atoms with Crippen molar-refractivity contribution in [2.45, 2.75) is 30.3 Å². The van der Waals surface area contributed by atoms with Crippen LogP contribution in [0.15, 0.2) is 53.7 Å². The fourth-order valence-electron chi connectivity index (χ4n) is 3.10. The van der Waals surface area contributed by atoms with Crippen LogP contribution in [0, 0.1) is 6.92 Å². The second-order valence-electron chi connectivity index (χ2n) is 6.51. The van der Waals surface area contributed by atoms with Crippen LogP contribution in [0.3, 0.4) is 0 Å². The van der Waals surface area contributed by atoms with Gasteiger partial charge < -0.3 is 15.5 Å². The molecule has 3 aromatic rings. The van der Waals surface area contributed by atoms with E-state index >= 15 is 0 Å². The molecule has 0 spiro atoms. The zero-order chi connectivity index (χ0) is 20.4. The Labute approximate surface area is 177 Å². The number of nitrogens with one attached hydrogen (secondary N) is 2. The summed E-state index contributed by atoms with van der Waals surface area (Å²) in [7, 11) is 0. The summed E-state index contributed by atoms with van der Waals surface area (Å²) >= 11 is 7.42. The van der Waals surface area contributed by atoms with Crippen LogP contribution in [0.2, 0.25) is 5.02 Å². The summed E-state index contributed by atoms with van der Waals surface area (Å²) < 4.78 is 7.26. The molecule has 0 saturated heterocycles. The number of ether oxygens (including phenoxy) is 1. The Balaban J connectivity index is 1.59. The van der Waals surface area contributed by atoms with Crippen molar-refractivity contribution in [1.82, 2.24) is 14.9 Å². The van der Waals surface area contributed by atoms with Crippen molar-refractivity contribution in [2.75, 3.05) is 17.3 Å². The quantitative estimate of drug-likeness (QED) is 0.637. The van der Waals surface area contributed by atoms with Gasteiger partial charge >= 0.3 is 0 Å². The normalized spacial score (nSPS) is 17.9. The van der Waals surface area contributed by atoms with Gasteiger partial charge in [0.1, 0.15) is 16.8 Å². The molecule has 0 fully saturated rings. The van der Waals surface area contributed by atoms with Crippen LogP contribution in [0.5, 0.6) is 5.75 Å². The molecule has 1 aliphatic rings. The van der Waals surface area contributed by atoms with Gasteiger partial charge in [0.2, 0.25) is 11.1 Å². The van der Waals surface area contributed by atoms with E-state index in [1.54, 1.807) is 0 Å². The first-order valence-electron chi connectivity index (χ1n) is 9.19. The van der Waals surface area contributed by atoms with E-state index in [0.29, 0.717) is 22.5 Å². The predicted molar refractivity (Wildman–Crippen MR) is 114 cm³/mol. The van der Waals surface area contributed by atoms with Gasteiger partial charge in [-0.2, -0.15) is 0 Å². The van der Waals surface area contributed by atoms with Gasteiger partial charge in [0.15, 0.2) is 0 Å². The van der Waals surface area contributed by atoms with Crippen molar-refractivity contribution in [1.29, 1.82) is 0 Å². The van der Waals surface area contributed by atoms with E-state index < -0.39 is 5.25 Å². The molecule has 0 aliphatic carbocycles. The number of amides is 1. The molecule has 29 heavy (non-hydrogen) atoms. The molecule has 1 aromatic heterocycles. The fourth-order valence-corrected chi connectivity index (χ4v) is 4.35. The van der Waals surface area contributed by atoms with E-state index in [9.17, 15) is 4.79 Å². The molecule has 2 aromatic carbocycles. The van der Waals surface area contributed by atoms with Crippen molar-refractivity contribution in [3.05, 3.63) is 64.9 Å². The lowest BCUT2D eigenvalue weighted by atomic mass is 10.0. The maximum absolute atomic E-state index is 13.2. The highest BCUT2D eigenvalue weighted by molar-refractivity contribution is 8.00. The summed E-state index contributed by atoms with van der Waals surface area (Å²) in [5.74, 6) is 1.37. The molecule has 150 valence electrons. The maximum Gasteiger partial charge on any atom is 0.240 e. The molecule has 0 radical (unpaired) electrons. The lowest BCUT2D eigenvalue weighted by molar-refractivity contribution is -0.116. The number of benzene rings is 2. The highest BCUT2D eigenvalue weighted by atomic mass is 35.5. The molecule has 0 saturated carbocycles. The summed E-state index contributed by atoms with van der Waals surface area (Å²) in [6.07, 6.45) is 0. The topological polar surface area (TPSA) is 81.1 Å². The van der Waals surface area contributed by atoms with E-state index in [1.807, 2.05) is 67.1 Å². The highest BCUT2D eigenvalue weighted by Crippen LogP contribution is 2.37. The Kier molecular flexibility index (Phi) is 5.64. The third-order valence-electron chi connectivity index (χ3n) is 4.52. The predicted octanol–water partition coefficient (Wildman–Crippen LogP) is 4.04. The van der Waals surface area contributed by atoms with Gasteiger partial charge in [0.05, 0.1) is 12.6 Å². The van der Waals surface area contributed by atoms with Gasteiger partial charge in [-0.3, -0.25) is 4.79 Å². The summed E-state index contributed by atoms with van der Waals surface area (Å²) in [6, 6.07) is 14.5. The number of aryl methyl sites for hydroxylation is 1. The Morgan fingerprint density at radius 3 is 2.62 bits per heavy atom. The van der Waals surface area contributed by atoms with E-state index in [4.69, 9.17) is 16.3 Å². The molecule has 9 heteroatoms. The largest absolute Gasteiger partial charge is 0.494 e. The molecule has 7 nitrogen and oxygen atoms in total. The van der Waals surface area contributed by atoms with Crippen LogP contribution >= 0.6 is 23.4 Å². The molecule has 1 amide bonds. The van der Waals surface area contributed by atoms with E-state index in [1.165, 1.54) is 11.8 Å². The lowest BCUT2D eigenvalue weighted by Crippen LogP contribution is -2.41. The first kappa shape index (κ1) is 19.6. The second-order valence-corrected chi connectivity index (χ2v) is 8.05. The number of rotatable bonds is 5. The van der Waals surface area contributed by atoms with Crippen LogP contribution in [-0.4, -0.2) is 32.6 Å². The highest BCUT2D eigenvalue weighted by Gasteiger charge is 2.37. The van der Waals surface area contributed by atoms with Gasteiger partial charge in [-0.1, -0.05) is 35.5 Å². The average Bonchev–Trinajstić information content (AvgIpc) is 3.09. The van der Waals surface area contributed by atoms with Gasteiger partial charge in [-0.25, -0.2) is 4.68 Å². The first-order valence-corrected chi connectivity index (χ1v) is 10.5. The number of fused-ring (bicyclic) bond motifs is 1. The van der Waals surface area contributed by atoms with Gasteiger partial charge in [0, 0.05) is 10.7 Å². The number of nitrogens with zero attached hydrogens (tertiary/aromatic N) is 3. The SMILES string of the molecule is CCOc1ccc(NC(=O)[C@H]2Sc3nnc(C)n3N[C@@H]2c2ccc(Cl)cc2)cc1. The summed E-state index contributed by atoms with van der Waals surface area (Å²) in [5.41, 5.74) is 5.03. The summed E-state index contributed by atoms with van der Waals surface area (Å²) in [5, 5.41) is 12.1. The third kappa shape index (κ3) is 4.18. The number of carbonyl (C=O) groups excluding carboxylic acids is 1. The standard InChI is InChI=1S/C20H20ClN5O2S/c1-3-28-16-10-8-15(9-11-16)22-19(27)18-17(13-4-6-14(21)7-5-13)25-26-12(2)23-24-20(26)29-18/h4-11,17-18,25H,3H2,1-2H3,(H,22,27)/t17-,18+/m1/s1. The minimum atomic E-state index is -0.446. The monoisotopic (exact) mass is 429 g/mol. The molecule has 0 bridgehead atoms. The van der Waals surface area contributed by atoms with Crippen LogP contribution in [-0.2, 0) is 4.79 Å².